The summed E-state index contributed by atoms with van der Waals surface area (Å²) >= 11 is 0. The summed E-state index contributed by atoms with van der Waals surface area (Å²) in [5, 5.41) is 20.2. The molecule has 0 aliphatic heterocycles. The quantitative estimate of drug-likeness (QED) is 0.795. The van der Waals surface area contributed by atoms with Crippen LogP contribution in [0, 0.1) is 22.7 Å². The van der Waals surface area contributed by atoms with Crippen molar-refractivity contribution in [1.82, 2.24) is 4.90 Å². The summed E-state index contributed by atoms with van der Waals surface area (Å²) in [6.45, 7) is 4.49. The van der Waals surface area contributed by atoms with Gasteiger partial charge >= 0.3 is 0 Å². The lowest BCUT2D eigenvalue weighted by molar-refractivity contribution is -0.116. The van der Waals surface area contributed by atoms with Crippen molar-refractivity contribution in [2.24, 2.45) is 0 Å². The zero-order valence-electron chi connectivity index (χ0n) is 12.3. The van der Waals surface area contributed by atoms with E-state index in [1.54, 1.807) is 24.3 Å². The Balaban J connectivity index is 2.34. The van der Waals surface area contributed by atoms with Crippen molar-refractivity contribution in [3.63, 3.8) is 0 Å². The van der Waals surface area contributed by atoms with Gasteiger partial charge in [0.2, 0.25) is 5.91 Å². The van der Waals surface area contributed by atoms with E-state index in [1.807, 2.05) is 13.0 Å². The molecule has 0 heterocycles. The molecule has 110 valence electrons. The Morgan fingerprint density at radius 3 is 2.81 bits per heavy atom. The summed E-state index contributed by atoms with van der Waals surface area (Å²) in [5.74, 6) is -0.0542. The van der Waals surface area contributed by atoms with E-state index < -0.39 is 0 Å². The molecule has 0 saturated carbocycles. The molecule has 1 aromatic rings. The lowest BCUT2D eigenvalue weighted by Gasteiger charge is -2.18. The first-order chi connectivity index (χ1) is 10.2. The molecule has 0 atom stereocenters. The zero-order valence-corrected chi connectivity index (χ0v) is 12.3. The van der Waals surface area contributed by atoms with Gasteiger partial charge in [-0.1, -0.05) is 13.0 Å². The van der Waals surface area contributed by atoms with E-state index in [2.05, 4.69) is 16.3 Å². The SMILES string of the molecule is CCN(CCC#N)CCCC(=O)Nc1cccc(C#N)c1. The second-order valence-electron chi connectivity index (χ2n) is 4.69. The van der Waals surface area contributed by atoms with Gasteiger partial charge in [0.25, 0.3) is 0 Å². The molecule has 0 fully saturated rings. The van der Waals surface area contributed by atoms with Gasteiger partial charge in [-0.05, 0) is 37.7 Å². The van der Waals surface area contributed by atoms with E-state index in [0.29, 0.717) is 24.1 Å². The fourth-order valence-corrected chi connectivity index (χ4v) is 1.99. The molecule has 21 heavy (non-hydrogen) atoms. The first kappa shape index (κ1) is 16.7. The third kappa shape index (κ3) is 6.56. The van der Waals surface area contributed by atoms with E-state index in [9.17, 15) is 4.79 Å². The molecule has 1 rings (SSSR count). The summed E-state index contributed by atoms with van der Waals surface area (Å²) in [7, 11) is 0. The number of amides is 1. The largest absolute Gasteiger partial charge is 0.326 e. The smallest absolute Gasteiger partial charge is 0.224 e. The molecule has 0 aliphatic carbocycles. The van der Waals surface area contributed by atoms with Crippen molar-refractivity contribution >= 4 is 11.6 Å². The third-order valence-electron chi connectivity index (χ3n) is 3.14. The molecular weight excluding hydrogens is 264 g/mol. The maximum Gasteiger partial charge on any atom is 0.224 e. The van der Waals surface area contributed by atoms with Crippen LogP contribution in [0.25, 0.3) is 0 Å². The van der Waals surface area contributed by atoms with Crippen LogP contribution in [0.15, 0.2) is 24.3 Å². The van der Waals surface area contributed by atoms with E-state index in [1.165, 1.54) is 0 Å². The van der Waals surface area contributed by atoms with E-state index in [-0.39, 0.29) is 5.91 Å². The predicted molar refractivity (Wildman–Crippen MR) is 81.4 cm³/mol. The van der Waals surface area contributed by atoms with Gasteiger partial charge in [0, 0.05) is 25.1 Å². The van der Waals surface area contributed by atoms with Crippen molar-refractivity contribution in [1.29, 1.82) is 10.5 Å². The number of carbonyl (C=O) groups is 1. The van der Waals surface area contributed by atoms with Crippen LogP contribution >= 0.6 is 0 Å². The first-order valence-corrected chi connectivity index (χ1v) is 7.09. The molecule has 0 aromatic heterocycles. The van der Waals surface area contributed by atoms with Gasteiger partial charge in [-0.2, -0.15) is 10.5 Å². The average Bonchev–Trinajstić information content (AvgIpc) is 2.50. The summed E-state index contributed by atoms with van der Waals surface area (Å²) < 4.78 is 0. The minimum Gasteiger partial charge on any atom is -0.326 e. The summed E-state index contributed by atoms with van der Waals surface area (Å²) in [6, 6.07) is 11.0. The van der Waals surface area contributed by atoms with Gasteiger partial charge in [0.1, 0.15) is 0 Å². The maximum absolute atomic E-state index is 11.8. The molecule has 5 heteroatoms. The number of hydrogen-bond donors (Lipinski definition) is 1. The summed E-state index contributed by atoms with van der Waals surface area (Å²) in [6.07, 6.45) is 1.70. The van der Waals surface area contributed by atoms with Gasteiger partial charge in [0.15, 0.2) is 0 Å². The maximum atomic E-state index is 11.8. The first-order valence-electron chi connectivity index (χ1n) is 7.09. The number of anilines is 1. The second kappa shape index (κ2) is 9.52. The highest BCUT2D eigenvalue weighted by molar-refractivity contribution is 5.90. The van der Waals surface area contributed by atoms with Crippen LogP contribution in [-0.4, -0.2) is 30.4 Å². The van der Waals surface area contributed by atoms with Crippen LogP contribution < -0.4 is 5.32 Å². The molecule has 0 aliphatic rings. The van der Waals surface area contributed by atoms with E-state index in [0.717, 1.165) is 26.1 Å². The number of carbonyl (C=O) groups excluding carboxylic acids is 1. The number of benzene rings is 1. The van der Waals surface area contributed by atoms with Crippen LogP contribution in [0.1, 0.15) is 31.7 Å². The average molecular weight is 284 g/mol. The van der Waals surface area contributed by atoms with Crippen LogP contribution in [0.2, 0.25) is 0 Å². The molecular formula is C16H20N4O. The lowest BCUT2D eigenvalue weighted by Crippen LogP contribution is -2.26. The Morgan fingerprint density at radius 2 is 2.14 bits per heavy atom. The molecule has 0 spiro atoms. The number of nitriles is 2. The fourth-order valence-electron chi connectivity index (χ4n) is 1.99. The van der Waals surface area contributed by atoms with Crippen molar-refractivity contribution in [2.75, 3.05) is 25.0 Å². The third-order valence-corrected chi connectivity index (χ3v) is 3.14. The summed E-state index contributed by atoms with van der Waals surface area (Å²) in [5.41, 5.74) is 1.18. The molecule has 0 saturated heterocycles. The number of nitrogens with one attached hydrogen (secondary N) is 1. The highest BCUT2D eigenvalue weighted by atomic mass is 16.1. The summed E-state index contributed by atoms with van der Waals surface area (Å²) in [4.78, 5) is 14.0. The van der Waals surface area contributed by atoms with Crippen LogP contribution in [-0.2, 0) is 4.79 Å². The van der Waals surface area contributed by atoms with Crippen molar-refractivity contribution in [3.8, 4) is 12.1 Å². The standard InChI is InChI=1S/C16H20N4O/c1-2-20(11-5-9-17)10-4-8-16(21)19-15-7-3-6-14(12-15)13-18/h3,6-7,12H,2,4-5,8,10-11H2,1H3,(H,19,21). The topological polar surface area (TPSA) is 79.9 Å². The Kier molecular flexibility index (Phi) is 7.56. The lowest BCUT2D eigenvalue weighted by atomic mass is 10.2. The number of rotatable bonds is 8. The molecule has 0 radical (unpaired) electrons. The molecule has 1 amide bonds. The van der Waals surface area contributed by atoms with E-state index >= 15 is 0 Å². The van der Waals surface area contributed by atoms with E-state index in [4.69, 9.17) is 10.5 Å². The predicted octanol–water partition coefficient (Wildman–Crippen LogP) is 2.51. The van der Waals surface area contributed by atoms with Crippen LogP contribution in [0.5, 0.6) is 0 Å². The fraction of sp³-hybridized carbons (Fsp3) is 0.438. The molecule has 0 bridgehead atoms. The van der Waals surface area contributed by atoms with Gasteiger partial charge in [-0.15, -0.1) is 0 Å². The number of hydrogen-bond acceptors (Lipinski definition) is 4. The monoisotopic (exact) mass is 284 g/mol. The van der Waals surface area contributed by atoms with Crippen LogP contribution in [0.3, 0.4) is 0 Å². The Hall–Kier alpha value is -2.37. The zero-order chi connectivity index (χ0) is 15.5. The van der Waals surface area contributed by atoms with Gasteiger partial charge < -0.3 is 10.2 Å². The normalized spacial score (nSPS) is 9.90. The minimum absolute atomic E-state index is 0.0542. The molecule has 5 nitrogen and oxygen atoms in total. The molecule has 1 N–H and O–H groups in total. The Labute approximate surface area is 125 Å². The molecule has 0 unspecified atom stereocenters. The second-order valence-corrected chi connectivity index (χ2v) is 4.69. The van der Waals surface area contributed by atoms with Gasteiger partial charge in [-0.3, -0.25) is 4.79 Å². The van der Waals surface area contributed by atoms with Crippen molar-refractivity contribution < 1.29 is 4.79 Å². The van der Waals surface area contributed by atoms with Gasteiger partial charge in [-0.25, -0.2) is 0 Å². The number of nitrogens with zero attached hydrogens (tertiary/aromatic N) is 3. The highest BCUT2D eigenvalue weighted by Crippen LogP contribution is 2.10. The van der Waals surface area contributed by atoms with Crippen molar-refractivity contribution in [3.05, 3.63) is 29.8 Å². The Morgan fingerprint density at radius 1 is 1.33 bits per heavy atom. The van der Waals surface area contributed by atoms with Crippen molar-refractivity contribution in [2.45, 2.75) is 26.2 Å². The Bertz CT molecular complexity index is 542. The minimum atomic E-state index is -0.0542. The van der Waals surface area contributed by atoms with Gasteiger partial charge in [0.05, 0.1) is 17.7 Å². The highest BCUT2D eigenvalue weighted by Gasteiger charge is 2.06. The van der Waals surface area contributed by atoms with Crippen LogP contribution in [0.4, 0.5) is 5.69 Å². The molecule has 1 aromatic carbocycles.